The fourth-order valence-corrected chi connectivity index (χ4v) is 3.99. The molecule has 7 heteroatoms. The summed E-state index contributed by atoms with van der Waals surface area (Å²) in [5.74, 6) is -0.553. The number of aliphatic hydroxyl groups excluding tert-OH is 1. The van der Waals surface area contributed by atoms with Gasteiger partial charge in [-0.1, -0.05) is 51.1 Å². The van der Waals surface area contributed by atoms with E-state index >= 15 is 0 Å². The molecule has 2 aromatic rings. The normalized spacial score (nSPS) is 19.1. The summed E-state index contributed by atoms with van der Waals surface area (Å²) in [6.45, 7) is 8.24. The molecule has 0 radical (unpaired) electrons. The Morgan fingerprint density at radius 2 is 1.79 bits per heavy atom. The molecule has 0 amide bonds. The molecule has 0 aliphatic carbocycles. The molecule has 0 saturated carbocycles. The number of aromatic nitrogens is 1. The summed E-state index contributed by atoms with van der Waals surface area (Å²) < 4.78 is 19.1. The van der Waals surface area contributed by atoms with Crippen molar-refractivity contribution in [2.75, 3.05) is 7.11 Å². The molecular weight excluding hydrogens is 423 g/mol. The van der Waals surface area contributed by atoms with E-state index in [1.54, 1.807) is 24.4 Å². The second-order valence-electron chi connectivity index (χ2n) is 8.80. The van der Waals surface area contributed by atoms with Crippen molar-refractivity contribution < 1.29 is 23.9 Å². The van der Waals surface area contributed by atoms with E-state index in [-0.39, 0.29) is 24.1 Å². The van der Waals surface area contributed by atoms with E-state index in [4.69, 9.17) is 14.6 Å². The number of rotatable bonds is 7. The molecule has 1 N–H and O–H groups in total. The zero-order valence-electron chi connectivity index (χ0n) is 19.7. The molecule has 2 heterocycles. The lowest BCUT2D eigenvalue weighted by atomic mass is 9.87. The minimum absolute atomic E-state index is 0.00465. The van der Waals surface area contributed by atoms with E-state index in [1.165, 1.54) is 19.2 Å². The van der Waals surface area contributed by atoms with Crippen molar-refractivity contribution in [3.63, 3.8) is 0 Å². The number of pyridine rings is 1. The van der Waals surface area contributed by atoms with Crippen molar-refractivity contribution in [3.05, 3.63) is 58.7 Å². The third-order valence-electron chi connectivity index (χ3n) is 5.51. The predicted molar refractivity (Wildman–Crippen MR) is 127 cm³/mol. The molecular formula is C26H31FN2O4. The maximum atomic E-state index is 13.7. The Morgan fingerprint density at radius 1 is 1.15 bits per heavy atom. The number of benzene rings is 1. The van der Waals surface area contributed by atoms with Crippen LogP contribution in [0.25, 0.3) is 17.2 Å². The molecule has 1 aliphatic rings. The van der Waals surface area contributed by atoms with Crippen LogP contribution >= 0.6 is 0 Å². The van der Waals surface area contributed by atoms with Crippen molar-refractivity contribution in [1.82, 2.24) is 4.98 Å². The largest absolute Gasteiger partial charge is 0.458 e. The van der Waals surface area contributed by atoms with Gasteiger partial charge in [0.05, 0.1) is 30.1 Å². The molecule has 1 aromatic carbocycles. The smallest absolute Gasteiger partial charge is 0.309 e. The Hall–Kier alpha value is -3.06. The molecule has 3 rings (SSSR count). The summed E-state index contributed by atoms with van der Waals surface area (Å²) in [4.78, 5) is 21.7. The van der Waals surface area contributed by atoms with E-state index < -0.39 is 18.2 Å². The van der Waals surface area contributed by atoms with Gasteiger partial charge in [0.25, 0.3) is 0 Å². The first-order chi connectivity index (χ1) is 15.7. The number of hydrogen-bond acceptors (Lipinski definition) is 6. The van der Waals surface area contributed by atoms with Crippen molar-refractivity contribution in [2.24, 2.45) is 5.16 Å². The third-order valence-corrected chi connectivity index (χ3v) is 5.51. The first-order valence-electron chi connectivity index (χ1n) is 11.2. The van der Waals surface area contributed by atoms with Gasteiger partial charge in [0.1, 0.15) is 19.0 Å². The average molecular weight is 455 g/mol. The highest BCUT2D eigenvalue weighted by Crippen LogP contribution is 2.37. The number of esters is 1. The maximum Gasteiger partial charge on any atom is 0.309 e. The molecule has 1 saturated heterocycles. The van der Waals surface area contributed by atoms with E-state index in [0.717, 1.165) is 33.6 Å². The van der Waals surface area contributed by atoms with Crippen LogP contribution in [0, 0.1) is 5.82 Å². The number of aliphatic hydroxyl groups is 1. The lowest BCUT2D eigenvalue weighted by molar-refractivity contribution is -0.156. The zero-order chi connectivity index (χ0) is 24.1. The maximum absolute atomic E-state index is 13.7. The number of carbonyl (C=O) groups excluding carboxylic acids is 1. The lowest BCUT2D eigenvalue weighted by Gasteiger charge is -2.24. The van der Waals surface area contributed by atoms with Crippen LogP contribution < -0.4 is 0 Å². The van der Waals surface area contributed by atoms with Crippen molar-refractivity contribution in [2.45, 2.75) is 64.6 Å². The van der Waals surface area contributed by atoms with Crippen LogP contribution in [0.4, 0.5) is 4.39 Å². The highest BCUT2D eigenvalue weighted by atomic mass is 19.1. The second-order valence-corrected chi connectivity index (χ2v) is 8.80. The molecule has 176 valence electrons. The summed E-state index contributed by atoms with van der Waals surface area (Å²) in [5.41, 5.74) is 4.98. The van der Waals surface area contributed by atoms with Crippen LogP contribution in [0.2, 0.25) is 0 Å². The summed E-state index contributed by atoms with van der Waals surface area (Å²) in [6, 6.07) is 6.29. The van der Waals surface area contributed by atoms with Gasteiger partial charge in [-0.2, -0.15) is 0 Å². The summed E-state index contributed by atoms with van der Waals surface area (Å²) >= 11 is 0. The van der Waals surface area contributed by atoms with E-state index in [1.807, 2.05) is 6.08 Å². The molecule has 1 aliphatic heterocycles. The predicted octanol–water partition coefficient (Wildman–Crippen LogP) is 5.19. The number of oxime groups is 1. The van der Waals surface area contributed by atoms with E-state index in [0.29, 0.717) is 6.42 Å². The Kier molecular flexibility index (Phi) is 7.97. The van der Waals surface area contributed by atoms with Crippen LogP contribution in [-0.2, 0) is 14.4 Å². The van der Waals surface area contributed by atoms with Crippen molar-refractivity contribution in [1.29, 1.82) is 0 Å². The summed E-state index contributed by atoms with van der Waals surface area (Å²) in [5, 5.41) is 14.0. The second kappa shape index (κ2) is 10.7. The van der Waals surface area contributed by atoms with Gasteiger partial charge < -0.3 is 14.7 Å². The summed E-state index contributed by atoms with van der Waals surface area (Å²) in [6.07, 6.45) is 4.36. The van der Waals surface area contributed by atoms with Gasteiger partial charge in [-0.05, 0) is 35.6 Å². The topological polar surface area (TPSA) is 81.0 Å². The van der Waals surface area contributed by atoms with Gasteiger partial charge in [0, 0.05) is 23.1 Å². The summed E-state index contributed by atoms with van der Waals surface area (Å²) in [7, 11) is 1.47. The van der Waals surface area contributed by atoms with Gasteiger partial charge in [0.15, 0.2) is 0 Å². The molecule has 0 spiro atoms. The molecule has 1 fully saturated rings. The van der Waals surface area contributed by atoms with Crippen LogP contribution in [0.15, 0.2) is 35.5 Å². The van der Waals surface area contributed by atoms with Crippen LogP contribution in [0.5, 0.6) is 0 Å². The molecule has 1 aromatic heterocycles. The van der Waals surface area contributed by atoms with Crippen LogP contribution in [0.1, 0.15) is 74.9 Å². The molecule has 0 bridgehead atoms. The minimum Gasteiger partial charge on any atom is -0.458 e. The van der Waals surface area contributed by atoms with Crippen molar-refractivity contribution >= 4 is 18.3 Å². The lowest BCUT2D eigenvalue weighted by Crippen LogP contribution is -2.31. The van der Waals surface area contributed by atoms with Gasteiger partial charge in [0.2, 0.25) is 0 Å². The number of halogens is 1. The first-order valence-corrected chi connectivity index (χ1v) is 11.2. The molecule has 6 nitrogen and oxygen atoms in total. The highest BCUT2D eigenvalue weighted by molar-refractivity contribution is 5.95. The fourth-order valence-electron chi connectivity index (χ4n) is 3.99. The SMILES string of the molecule is CON=Cc1c(C(C)C)nc(C(C)C)c(C=C[C@@H]2C[C@@H](O)CC(=O)O2)c1-c1ccc(F)cc1. The third kappa shape index (κ3) is 5.85. The van der Waals surface area contributed by atoms with E-state index in [2.05, 4.69) is 32.9 Å². The van der Waals surface area contributed by atoms with Gasteiger partial charge in [-0.3, -0.25) is 9.78 Å². The Balaban J connectivity index is 2.28. The number of ether oxygens (including phenoxy) is 1. The van der Waals surface area contributed by atoms with Gasteiger partial charge in [-0.25, -0.2) is 4.39 Å². The number of carbonyl (C=O) groups is 1. The molecule has 0 unspecified atom stereocenters. The van der Waals surface area contributed by atoms with Crippen molar-refractivity contribution in [3.8, 4) is 11.1 Å². The zero-order valence-corrected chi connectivity index (χ0v) is 19.7. The number of nitrogens with zero attached hydrogens (tertiary/aromatic N) is 2. The fraction of sp³-hybridized carbons (Fsp3) is 0.423. The monoisotopic (exact) mass is 454 g/mol. The van der Waals surface area contributed by atoms with Gasteiger partial charge >= 0.3 is 5.97 Å². The van der Waals surface area contributed by atoms with E-state index in [9.17, 15) is 14.3 Å². The minimum atomic E-state index is -0.729. The Morgan fingerprint density at radius 3 is 2.36 bits per heavy atom. The Bertz CT molecular complexity index is 1050. The molecule has 33 heavy (non-hydrogen) atoms. The van der Waals surface area contributed by atoms with Crippen LogP contribution in [0.3, 0.4) is 0 Å². The number of hydrogen-bond donors (Lipinski definition) is 1. The Labute approximate surface area is 194 Å². The number of cyclic esters (lactones) is 1. The van der Waals surface area contributed by atoms with Gasteiger partial charge in [-0.15, -0.1) is 0 Å². The quantitative estimate of drug-likeness (QED) is 0.354. The highest BCUT2D eigenvalue weighted by Gasteiger charge is 2.26. The standard InChI is InChI=1S/C26H31FN2O4/c1-15(2)25-21(11-10-20-12-19(30)13-23(31)33-20)24(17-6-8-18(27)9-7-17)22(14-28-32-5)26(29-25)16(3)4/h6-11,14-16,19-20,30H,12-13H2,1-5H3/t19-,20-/m1/s1. The average Bonchev–Trinajstić information content (AvgIpc) is 2.75. The van der Waals surface area contributed by atoms with Crippen LogP contribution in [-0.4, -0.2) is 41.6 Å². The molecule has 2 atom stereocenters. The first kappa shape index (κ1) is 24.6.